The van der Waals surface area contributed by atoms with E-state index in [-0.39, 0.29) is 18.2 Å². The number of aliphatic hydroxyl groups excluding tert-OH is 1. The van der Waals surface area contributed by atoms with Crippen molar-refractivity contribution >= 4 is 21.7 Å². The first-order valence-corrected chi connectivity index (χ1v) is 6.17. The number of anilines is 1. The molecule has 0 bridgehead atoms. The highest BCUT2D eigenvalue weighted by molar-refractivity contribution is 9.10. The van der Waals surface area contributed by atoms with Gasteiger partial charge in [0.25, 0.3) is 5.56 Å². The highest BCUT2D eigenvalue weighted by Crippen LogP contribution is 2.21. The molecule has 1 aromatic heterocycles. The van der Waals surface area contributed by atoms with Crippen LogP contribution in [0.5, 0.6) is 0 Å². The van der Waals surface area contributed by atoms with Gasteiger partial charge in [0.15, 0.2) is 0 Å². The van der Waals surface area contributed by atoms with Crippen LogP contribution >= 0.6 is 15.9 Å². The number of rotatable bonds is 4. The highest BCUT2D eigenvalue weighted by Gasteiger charge is 2.13. The van der Waals surface area contributed by atoms with Gasteiger partial charge in [-0.3, -0.25) is 4.79 Å². The molecule has 0 amide bonds. The van der Waals surface area contributed by atoms with E-state index in [0.29, 0.717) is 10.3 Å². The van der Waals surface area contributed by atoms with Crippen molar-refractivity contribution in [2.24, 2.45) is 0 Å². The van der Waals surface area contributed by atoms with Crippen molar-refractivity contribution in [2.75, 3.05) is 11.9 Å². The van der Waals surface area contributed by atoms with E-state index in [2.05, 4.69) is 31.2 Å². The van der Waals surface area contributed by atoms with Gasteiger partial charge >= 0.3 is 0 Å². The number of aliphatic hydroxyl groups is 1. The molecule has 0 spiro atoms. The molecule has 3 N–H and O–H groups in total. The first kappa shape index (κ1) is 12.8. The minimum absolute atomic E-state index is 0.0923. The normalized spacial score (nSPS) is 12.1. The van der Waals surface area contributed by atoms with Crippen molar-refractivity contribution in [3.8, 4) is 0 Å². The van der Waals surface area contributed by atoms with Crippen molar-refractivity contribution < 1.29 is 5.11 Å². The van der Waals surface area contributed by atoms with Crippen molar-refractivity contribution in [3.05, 3.63) is 57.0 Å². The monoisotopic (exact) mass is 309 g/mol. The molecular weight excluding hydrogens is 298 g/mol. The van der Waals surface area contributed by atoms with Crippen LogP contribution in [0.3, 0.4) is 0 Å². The number of halogens is 1. The van der Waals surface area contributed by atoms with Gasteiger partial charge in [0.05, 0.1) is 19.0 Å². The summed E-state index contributed by atoms with van der Waals surface area (Å²) in [5.74, 6) is 0.404. The second-order valence-corrected chi connectivity index (χ2v) is 4.48. The predicted octanol–water partition coefficient (Wildman–Crippen LogP) is 1.68. The molecule has 0 saturated carbocycles. The fraction of sp³-hybridized carbons (Fsp3) is 0.167. The fourth-order valence-electron chi connectivity index (χ4n) is 1.57. The van der Waals surface area contributed by atoms with Crippen molar-refractivity contribution in [2.45, 2.75) is 6.04 Å². The third kappa shape index (κ3) is 2.77. The molecule has 1 atom stereocenters. The second-order valence-electron chi connectivity index (χ2n) is 3.68. The average Bonchev–Trinajstić information content (AvgIpc) is 2.41. The molecule has 1 unspecified atom stereocenters. The lowest BCUT2D eigenvalue weighted by molar-refractivity contribution is 0.276. The topological polar surface area (TPSA) is 78.0 Å². The Kier molecular flexibility index (Phi) is 4.11. The van der Waals surface area contributed by atoms with E-state index in [9.17, 15) is 9.90 Å². The summed E-state index contributed by atoms with van der Waals surface area (Å²) in [5, 5.41) is 12.4. The number of H-pyrrole nitrogens is 1. The third-order valence-corrected chi connectivity index (χ3v) is 3.23. The maximum absolute atomic E-state index is 11.4. The molecule has 0 saturated heterocycles. The number of aromatic nitrogens is 2. The maximum atomic E-state index is 11.4. The summed E-state index contributed by atoms with van der Waals surface area (Å²) in [6, 6.07) is 9.17. The predicted molar refractivity (Wildman–Crippen MR) is 72.4 cm³/mol. The largest absolute Gasteiger partial charge is 0.394 e. The van der Waals surface area contributed by atoms with Gasteiger partial charge in [-0.25, -0.2) is 4.98 Å². The van der Waals surface area contributed by atoms with Gasteiger partial charge < -0.3 is 15.4 Å². The molecular formula is C12H12BrN3O2. The lowest BCUT2D eigenvalue weighted by atomic mass is 10.1. The van der Waals surface area contributed by atoms with Crippen LogP contribution in [0.1, 0.15) is 11.6 Å². The Morgan fingerprint density at radius 1 is 1.39 bits per heavy atom. The fourth-order valence-corrected chi connectivity index (χ4v) is 1.90. The molecule has 5 nitrogen and oxygen atoms in total. The first-order valence-electron chi connectivity index (χ1n) is 5.38. The van der Waals surface area contributed by atoms with E-state index in [0.717, 1.165) is 5.56 Å². The second kappa shape index (κ2) is 5.79. The van der Waals surface area contributed by atoms with E-state index in [1.165, 1.54) is 6.33 Å². The van der Waals surface area contributed by atoms with Crippen molar-refractivity contribution in [1.29, 1.82) is 0 Å². The van der Waals surface area contributed by atoms with E-state index >= 15 is 0 Å². The number of nitrogens with one attached hydrogen (secondary N) is 2. The Morgan fingerprint density at radius 3 is 2.78 bits per heavy atom. The zero-order valence-corrected chi connectivity index (χ0v) is 11.0. The zero-order chi connectivity index (χ0) is 13.0. The Balaban J connectivity index is 2.26. The Morgan fingerprint density at radius 2 is 2.11 bits per heavy atom. The summed E-state index contributed by atoms with van der Waals surface area (Å²) in [4.78, 5) is 17.9. The van der Waals surface area contributed by atoms with Gasteiger partial charge in [0, 0.05) is 0 Å². The summed E-state index contributed by atoms with van der Waals surface area (Å²) in [7, 11) is 0. The van der Waals surface area contributed by atoms with E-state index in [4.69, 9.17) is 0 Å². The number of nitrogens with zero attached hydrogens (tertiary/aromatic N) is 1. The van der Waals surface area contributed by atoms with Crippen LogP contribution in [0.2, 0.25) is 0 Å². The summed E-state index contributed by atoms with van der Waals surface area (Å²) < 4.78 is 0.319. The smallest absolute Gasteiger partial charge is 0.267 e. The van der Waals surface area contributed by atoms with Crippen LogP contribution in [0.25, 0.3) is 0 Å². The molecule has 2 rings (SSSR count). The number of aromatic amines is 1. The van der Waals surface area contributed by atoms with Gasteiger partial charge in [-0.2, -0.15) is 0 Å². The van der Waals surface area contributed by atoms with E-state index in [1.807, 2.05) is 30.3 Å². The molecule has 6 heteroatoms. The summed E-state index contributed by atoms with van der Waals surface area (Å²) in [6.45, 7) is -0.0923. The SMILES string of the molecule is O=c1[nH]cnc(NC(CO)c2ccccc2)c1Br. The minimum atomic E-state index is -0.309. The Hall–Kier alpha value is -1.66. The molecule has 0 radical (unpaired) electrons. The van der Waals surface area contributed by atoms with Crippen LogP contribution < -0.4 is 10.9 Å². The molecule has 94 valence electrons. The lowest BCUT2D eigenvalue weighted by Gasteiger charge is -2.17. The van der Waals surface area contributed by atoms with E-state index in [1.54, 1.807) is 0 Å². The van der Waals surface area contributed by atoms with Crippen molar-refractivity contribution in [3.63, 3.8) is 0 Å². The standard InChI is InChI=1S/C12H12BrN3O2/c13-10-11(14-7-15-12(10)18)16-9(6-17)8-4-2-1-3-5-8/h1-5,7,9,17H,6H2,(H2,14,15,16,18). The van der Waals surface area contributed by atoms with Gasteiger partial charge in [-0.15, -0.1) is 0 Å². The Labute approximate surface area is 112 Å². The quantitative estimate of drug-likeness (QED) is 0.803. The summed E-state index contributed by atoms with van der Waals surface area (Å²) >= 11 is 3.16. The minimum Gasteiger partial charge on any atom is -0.394 e. The molecule has 2 aromatic rings. The molecule has 1 aromatic carbocycles. The molecule has 0 fully saturated rings. The first-order chi connectivity index (χ1) is 8.72. The molecule has 0 aliphatic rings. The number of hydrogen-bond donors (Lipinski definition) is 3. The number of hydrogen-bond acceptors (Lipinski definition) is 4. The molecule has 0 aliphatic heterocycles. The van der Waals surface area contributed by atoms with Gasteiger partial charge in [-0.1, -0.05) is 30.3 Å². The van der Waals surface area contributed by atoms with Crippen LogP contribution in [0.4, 0.5) is 5.82 Å². The Bertz CT molecular complexity index is 571. The van der Waals surface area contributed by atoms with Gasteiger partial charge in [0.1, 0.15) is 10.3 Å². The van der Waals surface area contributed by atoms with Gasteiger partial charge in [-0.05, 0) is 21.5 Å². The summed E-state index contributed by atoms with van der Waals surface area (Å²) in [6.07, 6.45) is 1.31. The number of benzene rings is 1. The average molecular weight is 310 g/mol. The van der Waals surface area contributed by atoms with E-state index < -0.39 is 0 Å². The zero-order valence-electron chi connectivity index (χ0n) is 9.43. The molecule has 0 aliphatic carbocycles. The van der Waals surface area contributed by atoms with Crippen molar-refractivity contribution in [1.82, 2.24) is 9.97 Å². The van der Waals surface area contributed by atoms with Crippen LogP contribution in [-0.4, -0.2) is 21.7 Å². The lowest BCUT2D eigenvalue weighted by Crippen LogP contribution is -2.18. The van der Waals surface area contributed by atoms with Gasteiger partial charge in [0.2, 0.25) is 0 Å². The van der Waals surface area contributed by atoms with Crippen LogP contribution in [-0.2, 0) is 0 Å². The summed E-state index contributed by atoms with van der Waals surface area (Å²) in [5.41, 5.74) is 0.659. The molecule has 1 heterocycles. The third-order valence-electron chi connectivity index (χ3n) is 2.49. The highest BCUT2D eigenvalue weighted by atomic mass is 79.9. The van der Waals surface area contributed by atoms with Crippen LogP contribution in [0.15, 0.2) is 45.9 Å². The molecule has 18 heavy (non-hydrogen) atoms. The van der Waals surface area contributed by atoms with Crippen LogP contribution in [0, 0.1) is 0 Å². The maximum Gasteiger partial charge on any atom is 0.267 e.